The summed E-state index contributed by atoms with van der Waals surface area (Å²) >= 11 is 0. The van der Waals surface area contributed by atoms with Crippen LogP contribution in [0.2, 0.25) is 19.6 Å². The number of carbonyl (C=O) groups is 2. The van der Waals surface area contributed by atoms with E-state index in [2.05, 4.69) is 24.4 Å². The number of hydrogen-bond acceptors (Lipinski definition) is 3. The molecule has 0 aliphatic carbocycles. The second-order valence-corrected chi connectivity index (χ2v) is 13.1. The molecule has 0 saturated heterocycles. The number of carbonyl (C=O) groups excluding carboxylic acids is 2. The molecule has 0 aromatic rings. The second-order valence-electron chi connectivity index (χ2n) is 8.70. The summed E-state index contributed by atoms with van der Waals surface area (Å²) in [5, 5.41) is 2.65. The van der Waals surface area contributed by atoms with Gasteiger partial charge in [0, 0.05) is 6.42 Å². The number of rotatable bonds is 18. The molecule has 5 heteroatoms. The molecule has 4 nitrogen and oxygen atoms in total. The van der Waals surface area contributed by atoms with E-state index >= 15 is 0 Å². The first kappa shape index (κ1) is 26.9. The number of nitrogens with one attached hydrogen (secondary N) is 1. The largest absolute Gasteiger partial charge is 0.519 e. The predicted molar refractivity (Wildman–Crippen MR) is 122 cm³/mol. The van der Waals surface area contributed by atoms with E-state index < -0.39 is 8.32 Å². The first-order chi connectivity index (χ1) is 13.3. The van der Waals surface area contributed by atoms with Crippen molar-refractivity contribution >= 4 is 20.2 Å². The van der Waals surface area contributed by atoms with Crippen LogP contribution in [0, 0.1) is 0 Å². The molecule has 1 amide bonds. The van der Waals surface area contributed by atoms with E-state index in [1.54, 1.807) is 0 Å². The molecule has 0 fully saturated rings. The molecule has 0 spiro atoms. The summed E-state index contributed by atoms with van der Waals surface area (Å²) in [5.74, 6) is -0.373. The van der Waals surface area contributed by atoms with Crippen LogP contribution < -0.4 is 5.32 Å². The van der Waals surface area contributed by atoms with Crippen LogP contribution in [0.15, 0.2) is 12.2 Å². The van der Waals surface area contributed by atoms with Crippen molar-refractivity contribution in [1.29, 1.82) is 0 Å². The van der Waals surface area contributed by atoms with Crippen LogP contribution in [0.4, 0.5) is 0 Å². The third kappa shape index (κ3) is 21.2. The van der Waals surface area contributed by atoms with Crippen LogP contribution in [0.3, 0.4) is 0 Å². The summed E-state index contributed by atoms with van der Waals surface area (Å²) in [5.41, 5.74) is 0. The van der Waals surface area contributed by atoms with Gasteiger partial charge in [0.25, 0.3) is 0 Å². The van der Waals surface area contributed by atoms with Crippen molar-refractivity contribution in [3.8, 4) is 0 Å². The molecule has 0 aromatic heterocycles. The quantitative estimate of drug-likeness (QED) is 0.159. The van der Waals surface area contributed by atoms with Gasteiger partial charge in [-0.1, -0.05) is 70.4 Å². The van der Waals surface area contributed by atoms with Crippen molar-refractivity contribution in [2.45, 2.75) is 116 Å². The van der Waals surface area contributed by atoms with Crippen molar-refractivity contribution in [1.82, 2.24) is 5.32 Å². The van der Waals surface area contributed by atoms with E-state index in [1.165, 1.54) is 70.6 Å². The van der Waals surface area contributed by atoms with E-state index in [1.807, 2.05) is 19.6 Å². The van der Waals surface area contributed by atoms with Crippen molar-refractivity contribution in [2.24, 2.45) is 0 Å². The molecular weight excluding hydrogens is 366 g/mol. The zero-order chi connectivity index (χ0) is 21.1. The average molecular weight is 412 g/mol. The Hall–Kier alpha value is -1.10. The molecular formula is C23H45NO3Si. The van der Waals surface area contributed by atoms with Gasteiger partial charge in [0.15, 0.2) is 0 Å². The number of allylic oxidation sites excluding steroid dienone is 2. The van der Waals surface area contributed by atoms with E-state index in [0.717, 1.165) is 12.8 Å². The summed E-state index contributed by atoms with van der Waals surface area (Å²) in [7, 11) is -1.86. The summed E-state index contributed by atoms with van der Waals surface area (Å²) in [6.07, 6.45) is 21.4. The summed E-state index contributed by atoms with van der Waals surface area (Å²) in [6.45, 7) is 8.12. The number of hydrogen-bond donors (Lipinski definition) is 1. The first-order valence-corrected chi connectivity index (χ1v) is 14.9. The minimum absolute atomic E-state index is 0.00578. The monoisotopic (exact) mass is 411 g/mol. The van der Waals surface area contributed by atoms with Crippen molar-refractivity contribution in [2.75, 3.05) is 6.54 Å². The third-order valence-corrected chi connectivity index (χ3v) is 5.36. The van der Waals surface area contributed by atoms with Gasteiger partial charge in [-0.2, -0.15) is 0 Å². The van der Waals surface area contributed by atoms with Gasteiger partial charge in [0.1, 0.15) is 6.54 Å². The van der Waals surface area contributed by atoms with Crippen molar-refractivity contribution < 1.29 is 14.0 Å². The van der Waals surface area contributed by atoms with E-state index in [0.29, 0.717) is 6.42 Å². The molecule has 0 bridgehead atoms. The van der Waals surface area contributed by atoms with E-state index in [4.69, 9.17) is 4.43 Å². The Labute approximate surface area is 175 Å². The molecule has 0 aliphatic rings. The molecule has 0 unspecified atom stereocenters. The molecule has 0 atom stereocenters. The predicted octanol–water partition coefficient (Wildman–Crippen LogP) is 6.52. The lowest BCUT2D eigenvalue weighted by Gasteiger charge is -2.17. The van der Waals surface area contributed by atoms with Gasteiger partial charge < -0.3 is 9.74 Å². The molecule has 0 saturated carbocycles. The third-order valence-electron chi connectivity index (χ3n) is 4.52. The van der Waals surface area contributed by atoms with Gasteiger partial charge in [-0.15, -0.1) is 0 Å². The normalized spacial score (nSPS) is 11.7. The molecule has 28 heavy (non-hydrogen) atoms. The van der Waals surface area contributed by atoms with Gasteiger partial charge in [-0.3, -0.25) is 9.59 Å². The van der Waals surface area contributed by atoms with E-state index in [-0.39, 0.29) is 18.4 Å². The Balaban J connectivity index is 3.37. The summed E-state index contributed by atoms with van der Waals surface area (Å²) < 4.78 is 5.30. The lowest BCUT2D eigenvalue weighted by molar-refractivity contribution is -0.136. The lowest BCUT2D eigenvalue weighted by Crippen LogP contribution is -2.36. The first-order valence-electron chi connectivity index (χ1n) is 11.5. The summed E-state index contributed by atoms with van der Waals surface area (Å²) in [4.78, 5) is 23.3. The highest BCUT2D eigenvalue weighted by atomic mass is 28.4. The van der Waals surface area contributed by atoms with Gasteiger partial charge in [0.05, 0.1) is 0 Å². The van der Waals surface area contributed by atoms with Crippen molar-refractivity contribution in [3.63, 3.8) is 0 Å². The Morgan fingerprint density at radius 1 is 0.786 bits per heavy atom. The molecule has 0 rings (SSSR count). The Kier molecular flexibility index (Phi) is 17.3. The smallest absolute Gasteiger partial charge is 0.312 e. The fourth-order valence-electron chi connectivity index (χ4n) is 2.99. The van der Waals surface area contributed by atoms with Crippen LogP contribution in [-0.4, -0.2) is 26.7 Å². The van der Waals surface area contributed by atoms with Gasteiger partial charge >= 0.3 is 5.97 Å². The zero-order valence-electron chi connectivity index (χ0n) is 19.0. The standard InChI is InChI=1S/C23H45NO3Si/c1-5-6-7-8-9-10-11-12-13-14-15-16-17-18-19-20-22(25)24-21-23(26)27-28(2,3)4/h12-13H,5-11,14-21H2,1-4H3,(H,24,25)/b13-12-. The minimum atomic E-state index is -1.86. The highest BCUT2D eigenvalue weighted by Crippen LogP contribution is 2.10. The molecule has 164 valence electrons. The topological polar surface area (TPSA) is 55.4 Å². The Morgan fingerprint density at radius 3 is 1.82 bits per heavy atom. The second kappa shape index (κ2) is 18.0. The van der Waals surface area contributed by atoms with Gasteiger partial charge in [-0.25, -0.2) is 0 Å². The number of unbranched alkanes of at least 4 members (excludes halogenated alkanes) is 11. The maximum absolute atomic E-state index is 11.7. The van der Waals surface area contributed by atoms with Crippen LogP contribution in [-0.2, 0) is 14.0 Å². The van der Waals surface area contributed by atoms with Crippen molar-refractivity contribution in [3.05, 3.63) is 12.2 Å². The SMILES string of the molecule is CCCCCCCC/C=C\CCCCCCCC(=O)NCC(=O)O[Si](C)(C)C. The van der Waals surface area contributed by atoms with Crippen LogP contribution in [0.5, 0.6) is 0 Å². The Bertz CT molecular complexity index is 430. The molecule has 0 aliphatic heterocycles. The molecule has 0 aromatic carbocycles. The van der Waals surface area contributed by atoms with Gasteiger partial charge in [0.2, 0.25) is 14.2 Å². The number of amides is 1. The minimum Gasteiger partial charge on any atom is -0.519 e. The fraction of sp³-hybridized carbons (Fsp3) is 0.826. The van der Waals surface area contributed by atoms with Crippen LogP contribution in [0.25, 0.3) is 0 Å². The van der Waals surface area contributed by atoms with Crippen LogP contribution in [0.1, 0.15) is 96.8 Å². The maximum Gasteiger partial charge on any atom is 0.312 e. The van der Waals surface area contributed by atoms with E-state index in [9.17, 15) is 9.59 Å². The van der Waals surface area contributed by atoms with Crippen LogP contribution >= 0.6 is 0 Å². The molecule has 0 radical (unpaired) electrons. The molecule has 0 heterocycles. The summed E-state index contributed by atoms with van der Waals surface area (Å²) in [6, 6.07) is 0. The lowest BCUT2D eigenvalue weighted by atomic mass is 10.1. The molecule has 1 N–H and O–H groups in total. The Morgan fingerprint density at radius 2 is 1.29 bits per heavy atom. The zero-order valence-corrected chi connectivity index (χ0v) is 20.0. The fourth-order valence-corrected chi connectivity index (χ4v) is 3.75. The van der Waals surface area contributed by atoms with Gasteiger partial charge in [-0.05, 0) is 51.7 Å². The highest BCUT2D eigenvalue weighted by Gasteiger charge is 2.19. The maximum atomic E-state index is 11.7. The highest BCUT2D eigenvalue weighted by molar-refractivity contribution is 6.71. The average Bonchev–Trinajstić information content (AvgIpc) is 2.62.